The van der Waals surface area contributed by atoms with Crippen molar-refractivity contribution in [3.8, 4) is 17.2 Å². The molecule has 0 radical (unpaired) electrons. The topological polar surface area (TPSA) is 61.2 Å². The first-order chi connectivity index (χ1) is 14.1. The van der Waals surface area contributed by atoms with Crippen molar-refractivity contribution in [1.29, 1.82) is 0 Å². The van der Waals surface area contributed by atoms with Gasteiger partial charge in [0.2, 0.25) is 0 Å². The van der Waals surface area contributed by atoms with E-state index in [9.17, 15) is 0 Å². The molecule has 2 aromatic heterocycles. The van der Waals surface area contributed by atoms with E-state index < -0.39 is 0 Å². The number of fused-ring (bicyclic) bond motifs is 3. The fraction of sp³-hybridized carbons (Fsp3) is 0.273. The maximum atomic E-state index is 5.50. The highest BCUT2D eigenvalue weighted by atomic mass is 79.9. The Hall–Kier alpha value is -2.80. The number of anilines is 1. The zero-order valence-corrected chi connectivity index (χ0v) is 18.3. The van der Waals surface area contributed by atoms with Crippen molar-refractivity contribution in [2.24, 2.45) is 0 Å². The van der Waals surface area contributed by atoms with Gasteiger partial charge in [0.25, 0.3) is 0 Å². The summed E-state index contributed by atoms with van der Waals surface area (Å²) in [4.78, 5) is 4.87. The first-order valence-corrected chi connectivity index (χ1v) is 10.4. The second-order valence-corrected chi connectivity index (χ2v) is 7.70. The van der Waals surface area contributed by atoms with E-state index >= 15 is 0 Å². The van der Waals surface area contributed by atoms with Crippen LogP contribution in [0.15, 0.2) is 47.1 Å². The molecule has 6 nitrogen and oxygen atoms in total. The first-order valence-electron chi connectivity index (χ1n) is 9.59. The Morgan fingerprint density at radius 2 is 1.86 bits per heavy atom. The number of rotatable bonds is 7. The minimum Gasteiger partial charge on any atom is -0.493 e. The normalized spacial score (nSPS) is 11.2. The highest BCUT2D eigenvalue weighted by molar-refractivity contribution is 9.10. The number of unbranched alkanes of at least 4 members (excludes halogenated alkanes) is 1. The predicted octanol–water partition coefficient (Wildman–Crippen LogP) is 5.57. The molecule has 0 aliphatic carbocycles. The molecular weight excluding hydrogens is 432 g/mol. The molecule has 0 spiro atoms. The van der Waals surface area contributed by atoms with E-state index in [0.717, 1.165) is 57.2 Å². The molecule has 2 aromatic carbocycles. The van der Waals surface area contributed by atoms with Crippen LogP contribution in [0, 0.1) is 0 Å². The Bertz CT molecular complexity index is 1170. The van der Waals surface area contributed by atoms with E-state index in [0.29, 0.717) is 11.5 Å². The van der Waals surface area contributed by atoms with Gasteiger partial charge in [0.15, 0.2) is 11.5 Å². The summed E-state index contributed by atoms with van der Waals surface area (Å²) in [6.45, 7) is 3.03. The molecule has 0 fully saturated rings. The number of aromatic nitrogens is 3. The molecule has 0 bridgehead atoms. The fourth-order valence-electron chi connectivity index (χ4n) is 3.35. The van der Waals surface area contributed by atoms with Crippen LogP contribution in [0.3, 0.4) is 0 Å². The molecule has 0 aliphatic heterocycles. The van der Waals surface area contributed by atoms with Crippen LogP contribution in [0.5, 0.6) is 11.5 Å². The quantitative estimate of drug-likeness (QED) is 0.370. The van der Waals surface area contributed by atoms with E-state index in [1.807, 2.05) is 47.3 Å². The zero-order valence-electron chi connectivity index (χ0n) is 16.7. The van der Waals surface area contributed by atoms with Crippen LogP contribution in [0.1, 0.15) is 19.8 Å². The summed E-state index contributed by atoms with van der Waals surface area (Å²) >= 11 is 3.54. The smallest absolute Gasteiger partial charge is 0.162 e. The Morgan fingerprint density at radius 1 is 1.07 bits per heavy atom. The Balaban J connectivity index is 1.96. The maximum Gasteiger partial charge on any atom is 0.162 e. The Kier molecular flexibility index (Phi) is 5.58. The molecule has 0 amide bonds. The summed E-state index contributed by atoms with van der Waals surface area (Å²) in [5.74, 6) is 2.14. The van der Waals surface area contributed by atoms with Crippen molar-refractivity contribution in [3.05, 3.63) is 47.1 Å². The zero-order chi connectivity index (χ0) is 20.4. The van der Waals surface area contributed by atoms with Gasteiger partial charge < -0.3 is 14.8 Å². The number of nitrogens with zero attached hydrogens (tertiary/aromatic N) is 3. The molecule has 29 heavy (non-hydrogen) atoms. The van der Waals surface area contributed by atoms with E-state index in [1.165, 1.54) is 0 Å². The van der Waals surface area contributed by atoms with E-state index in [4.69, 9.17) is 19.6 Å². The van der Waals surface area contributed by atoms with Crippen LogP contribution in [0.4, 0.5) is 5.82 Å². The molecule has 0 aliphatic rings. The van der Waals surface area contributed by atoms with Crippen molar-refractivity contribution >= 4 is 43.6 Å². The molecule has 0 saturated heterocycles. The fourth-order valence-corrected chi connectivity index (χ4v) is 3.73. The summed E-state index contributed by atoms with van der Waals surface area (Å²) in [6.07, 6.45) is 4.22. The summed E-state index contributed by atoms with van der Waals surface area (Å²) in [7, 11) is 3.26. The third kappa shape index (κ3) is 3.74. The van der Waals surface area contributed by atoms with Gasteiger partial charge in [-0.05, 0) is 30.7 Å². The predicted molar refractivity (Wildman–Crippen MR) is 121 cm³/mol. The van der Waals surface area contributed by atoms with E-state index in [-0.39, 0.29) is 0 Å². The van der Waals surface area contributed by atoms with Crippen molar-refractivity contribution in [2.45, 2.75) is 19.8 Å². The van der Waals surface area contributed by atoms with Gasteiger partial charge in [-0.1, -0.05) is 35.3 Å². The molecule has 150 valence electrons. The Morgan fingerprint density at radius 3 is 2.59 bits per heavy atom. The van der Waals surface area contributed by atoms with Crippen LogP contribution < -0.4 is 14.8 Å². The standard InChI is InChI=1S/C22H23BrN4O2/c1-4-5-9-24-22-17-13-27(15-8-6-7-14(23)10-15)26-21(17)16-11-19(28-2)20(29-3)12-18(16)25-22/h6-8,10-13H,4-5,9H2,1-3H3,(H,24,25). The van der Waals surface area contributed by atoms with Crippen molar-refractivity contribution in [2.75, 3.05) is 26.1 Å². The maximum absolute atomic E-state index is 5.50. The number of nitrogens with one attached hydrogen (secondary N) is 1. The number of halogens is 1. The lowest BCUT2D eigenvalue weighted by Crippen LogP contribution is -2.03. The lowest BCUT2D eigenvalue weighted by molar-refractivity contribution is 0.356. The van der Waals surface area contributed by atoms with E-state index in [2.05, 4.69) is 28.2 Å². The molecular formula is C22H23BrN4O2. The van der Waals surface area contributed by atoms with Crippen LogP contribution in [-0.2, 0) is 0 Å². The van der Waals surface area contributed by atoms with Crippen molar-refractivity contribution in [1.82, 2.24) is 14.8 Å². The summed E-state index contributed by atoms with van der Waals surface area (Å²) in [6, 6.07) is 11.9. The minimum atomic E-state index is 0.651. The van der Waals surface area contributed by atoms with Gasteiger partial charge in [-0.3, -0.25) is 0 Å². The molecule has 4 rings (SSSR count). The van der Waals surface area contributed by atoms with Gasteiger partial charge in [-0.25, -0.2) is 9.67 Å². The lowest BCUT2D eigenvalue weighted by atomic mass is 10.1. The van der Waals surface area contributed by atoms with Gasteiger partial charge in [0, 0.05) is 28.7 Å². The number of methoxy groups -OCH3 is 2. The van der Waals surface area contributed by atoms with Crippen LogP contribution in [0.25, 0.3) is 27.5 Å². The molecule has 0 saturated carbocycles. The molecule has 0 unspecified atom stereocenters. The molecule has 7 heteroatoms. The third-order valence-electron chi connectivity index (χ3n) is 4.85. The van der Waals surface area contributed by atoms with Crippen LogP contribution in [0.2, 0.25) is 0 Å². The van der Waals surface area contributed by atoms with Gasteiger partial charge in [0.05, 0.1) is 30.8 Å². The molecule has 4 aromatic rings. The molecule has 2 heterocycles. The number of pyridine rings is 1. The SMILES string of the molecule is CCCCNc1nc2cc(OC)c(OC)cc2c2nn(-c3cccc(Br)c3)cc12. The molecule has 1 N–H and O–H groups in total. The number of ether oxygens (including phenoxy) is 2. The molecule has 0 atom stereocenters. The van der Waals surface area contributed by atoms with Gasteiger partial charge in [0.1, 0.15) is 11.3 Å². The highest BCUT2D eigenvalue weighted by Gasteiger charge is 2.16. The highest BCUT2D eigenvalue weighted by Crippen LogP contribution is 2.36. The second-order valence-electron chi connectivity index (χ2n) is 6.78. The number of hydrogen-bond acceptors (Lipinski definition) is 5. The van der Waals surface area contributed by atoms with Crippen molar-refractivity contribution in [3.63, 3.8) is 0 Å². The first kappa shape index (κ1) is 19.5. The third-order valence-corrected chi connectivity index (χ3v) is 5.35. The average Bonchev–Trinajstić information content (AvgIpc) is 3.19. The minimum absolute atomic E-state index is 0.651. The van der Waals surface area contributed by atoms with Crippen LogP contribution >= 0.6 is 15.9 Å². The monoisotopic (exact) mass is 454 g/mol. The summed E-state index contributed by atoms with van der Waals surface area (Å²) < 4.78 is 13.9. The summed E-state index contributed by atoms with van der Waals surface area (Å²) in [5.41, 5.74) is 2.66. The number of benzene rings is 2. The Labute approximate surface area is 178 Å². The summed E-state index contributed by atoms with van der Waals surface area (Å²) in [5, 5.41) is 10.3. The second kappa shape index (κ2) is 8.29. The van der Waals surface area contributed by atoms with Gasteiger partial charge in [-0.2, -0.15) is 5.10 Å². The largest absolute Gasteiger partial charge is 0.493 e. The van der Waals surface area contributed by atoms with Crippen molar-refractivity contribution < 1.29 is 9.47 Å². The van der Waals surface area contributed by atoms with E-state index in [1.54, 1.807) is 14.2 Å². The lowest BCUT2D eigenvalue weighted by Gasteiger charge is -2.11. The van der Waals surface area contributed by atoms with Crippen LogP contribution in [-0.4, -0.2) is 35.5 Å². The number of hydrogen-bond donors (Lipinski definition) is 1. The average molecular weight is 455 g/mol. The van der Waals surface area contributed by atoms with Gasteiger partial charge >= 0.3 is 0 Å². The van der Waals surface area contributed by atoms with Gasteiger partial charge in [-0.15, -0.1) is 0 Å².